The fourth-order valence-corrected chi connectivity index (χ4v) is 8.28. The highest BCUT2D eigenvalue weighted by molar-refractivity contribution is 5.82. The van der Waals surface area contributed by atoms with Crippen molar-refractivity contribution in [3.05, 3.63) is 78.6 Å². The number of hydrogen-bond acceptors (Lipinski definition) is 3. The maximum Gasteiger partial charge on any atom is 0.228 e. The smallest absolute Gasteiger partial charge is 0.228 e. The number of rotatable bonds is 8. The second kappa shape index (κ2) is 10.8. The average Bonchev–Trinajstić information content (AvgIpc) is 3.42. The van der Waals surface area contributed by atoms with Crippen LogP contribution in [-0.2, 0) is 10.2 Å². The van der Waals surface area contributed by atoms with E-state index in [0.717, 1.165) is 50.2 Å². The number of hydrogen-bond donors (Lipinski definition) is 0. The zero-order valence-corrected chi connectivity index (χ0v) is 24.7. The summed E-state index contributed by atoms with van der Waals surface area (Å²) >= 11 is 0. The molecule has 3 atom stereocenters. The molecule has 3 saturated heterocycles. The normalized spacial score (nSPS) is 24.9. The standard InChI is InChI=1S/C35H46N4O/c1-5-17-34(3,4)33(40)37-21-18-35(19-22-37,27-11-7-6-8-12-27)20-23-38-28-15-16-29(38)25-30(24-28)39-26(2)36-31-13-9-10-14-32(31)39/h5-14,28-30H,1,15-25H2,2-4H3/t28-,29+,30+. The van der Waals surface area contributed by atoms with Crippen molar-refractivity contribution in [2.45, 2.75) is 95.7 Å². The monoisotopic (exact) mass is 538 g/mol. The first kappa shape index (κ1) is 27.3. The molecule has 4 heterocycles. The summed E-state index contributed by atoms with van der Waals surface area (Å²) in [6, 6.07) is 21.6. The number of aryl methyl sites for hydroxylation is 1. The molecule has 6 rings (SSSR count). The van der Waals surface area contributed by atoms with E-state index >= 15 is 0 Å². The molecule has 0 unspecified atom stereocenters. The quantitative estimate of drug-likeness (QED) is 0.288. The van der Waals surface area contributed by atoms with E-state index in [-0.39, 0.29) is 16.7 Å². The average molecular weight is 539 g/mol. The van der Waals surface area contributed by atoms with Gasteiger partial charge in [-0.3, -0.25) is 9.69 Å². The summed E-state index contributed by atoms with van der Waals surface area (Å²) in [6.07, 6.45) is 10.9. The Morgan fingerprint density at radius 3 is 2.33 bits per heavy atom. The van der Waals surface area contributed by atoms with Crippen molar-refractivity contribution < 1.29 is 4.79 Å². The van der Waals surface area contributed by atoms with Crippen molar-refractivity contribution in [3.8, 4) is 0 Å². The van der Waals surface area contributed by atoms with Gasteiger partial charge in [0.1, 0.15) is 5.82 Å². The summed E-state index contributed by atoms with van der Waals surface area (Å²) < 4.78 is 2.53. The minimum atomic E-state index is -0.378. The van der Waals surface area contributed by atoms with Crippen molar-refractivity contribution in [1.82, 2.24) is 19.4 Å². The highest BCUT2D eigenvalue weighted by Gasteiger charge is 2.44. The molecule has 1 aromatic heterocycles. The van der Waals surface area contributed by atoms with Crippen LogP contribution in [0.1, 0.15) is 82.6 Å². The Labute approximate surface area is 240 Å². The highest BCUT2D eigenvalue weighted by Crippen LogP contribution is 2.45. The van der Waals surface area contributed by atoms with Gasteiger partial charge in [-0.25, -0.2) is 4.98 Å². The Balaban J connectivity index is 1.16. The largest absolute Gasteiger partial charge is 0.342 e. The minimum absolute atomic E-state index is 0.133. The molecule has 0 saturated carbocycles. The van der Waals surface area contributed by atoms with Crippen molar-refractivity contribution in [2.75, 3.05) is 19.6 Å². The van der Waals surface area contributed by atoms with E-state index in [4.69, 9.17) is 4.98 Å². The molecule has 2 bridgehead atoms. The topological polar surface area (TPSA) is 41.4 Å². The third-order valence-corrected chi connectivity index (χ3v) is 10.5. The van der Waals surface area contributed by atoms with Crippen LogP contribution in [-0.4, -0.2) is 57.0 Å². The number of amides is 1. The Morgan fingerprint density at radius 1 is 1.00 bits per heavy atom. The number of benzene rings is 2. The summed E-state index contributed by atoms with van der Waals surface area (Å²) in [6.45, 7) is 13.0. The molecule has 0 aliphatic carbocycles. The van der Waals surface area contributed by atoms with Gasteiger partial charge in [-0.1, -0.05) is 62.4 Å². The van der Waals surface area contributed by atoms with E-state index in [1.165, 1.54) is 43.2 Å². The van der Waals surface area contributed by atoms with Crippen molar-refractivity contribution >= 4 is 16.9 Å². The van der Waals surface area contributed by atoms with E-state index in [0.29, 0.717) is 18.1 Å². The number of carbonyl (C=O) groups excluding carboxylic acids is 1. The molecule has 2 aromatic carbocycles. The lowest BCUT2D eigenvalue weighted by Gasteiger charge is -2.46. The molecule has 3 aliphatic rings. The van der Waals surface area contributed by atoms with E-state index in [1.807, 2.05) is 6.08 Å². The lowest BCUT2D eigenvalue weighted by atomic mass is 9.70. The van der Waals surface area contributed by atoms with Gasteiger partial charge < -0.3 is 9.47 Å². The first-order valence-electron chi connectivity index (χ1n) is 15.5. The first-order valence-corrected chi connectivity index (χ1v) is 15.5. The van der Waals surface area contributed by atoms with Crippen LogP contribution in [0.3, 0.4) is 0 Å². The highest BCUT2D eigenvalue weighted by atomic mass is 16.2. The number of imidazole rings is 1. The predicted molar refractivity (Wildman–Crippen MR) is 163 cm³/mol. The van der Waals surface area contributed by atoms with Gasteiger partial charge in [0.2, 0.25) is 5.91 Å². The second-order valence-corrected chi connectivity index (χ2v) is 13.3. The molecule has 3 fully saturated rings. The lowest BCUT2D eigenvalue weighted by Crippen LogP contribution is -2.51. The zero-order valence-electron chi connectivity index (χ0n) is 24.7. The van der Waals surface area contributed by atoms with Gasteiger partial charge in [0, 0.05) is 36.6 Å². The fraction of sp³-hybridized carbons (Fsp3) is 0.543. The molecule has 5 heteroatoms. The van der Waals surface area contributed by atoms with E-state index in [9.17, 15) is 4.79 Å². The molecule has 3 aromatic rings. The van der Waals surface area contributed by atoms with Gasteiger partial charge in [-0.2, -0.15) is 0 Å². The Kier molecular flexibility index (Phi) is 7.37. The summed E-state index contributed by atoms with van der Waals surface area (Å²) in [4.78, 5) is 23.2. The number of carbonyl (C=O) groups is 1. The number of fused-ring (bicyclic) bond motifs is 3. The van der Waals surface area contributed by atoms with E-state index in [2.05, 4.69) is 96.3 Å². The predicted octanol–water partition coefficient (Wildman–Crippen LogP) is 7.07. The Hall–Kier alpha value is -2.92. The van der Waals surface area contributed by atoms with E-state index < -0.39 is 0 Å². The van der Waals surface area contributed by atoms with Gasteiger partial charge in [0.05, 0.1) is 11.0 Å². The van der Waals surface area contributed by atoms with Crippen LogP contribution in [0.2, 0.25) is 0 Å². The molecule has 212 valence electrons. The van der Waals surface area contributed by atoms with Crippen molar-refractivity contribution in [2.24, 2.45) is 5.41 Å². The number of nitrogens with zero attached hydrogens (tertiary/aromatic N) is 4. The molecule has 3 aliphatic heterocycles. The summed E-state index contributed by atoms with van der Waals surface area (Å²) in [5.41, 5.74) is 3.62. The SMILES string of the molecule is C=CCC(C)(C)C(=O)N1CCC(CCN2[C@@H]3CC[C@H]2C[C@@H](n2c(C)nc4ccccc42)C3)(c2ccccc2)CC1. The van der Waals surface area contributed by atoms with Crippen LogP contribution < -0.4 is 0 Å². The maximum atomic E-state index is 13.4. The number of piperidine rings is 2. The lowest BCUT2D eigenvalue weighted by molar-refractivity contribution is -0.142. The molecule has 5 nitrogen and oxygen atoms in total. The van der Waals surface area contributed by atoms with Gasteiger partial charge in [-0.05, 0) is 87.9 Å². The summed E-state index contributed by atoms with van der Waals surface area (Å²) in [5, 5.41) is 0. The molecule has 40 heavy (non-hydrogen) atoms. The van der Waals surface area contributed by atoms with Gasteiger partial charge in [0.25, 0.3) is 0 Å². The molecule has 1 amide bonds. The van der Waals surface area contributed by atoms with Crippen molar-refractivity contribution in [3.63, 3.8) is 0 Å². The summed E-state index contributed by atoms with van der Waals surface area (Å²) in [5.74, 6) is 1.43. The molecular weight excluding hydrogens is 492 g/mol. The fourth-order valence-electron chi connectivity index (χ4n) is 8.28. The maximum absolute atomic E-state index is 13.4. The first-order chi connectivity index (χ1) is 19.3. The van der Waals surface area contributed by atoms with Gasteiger partial charge in [-0.15, -0.1) is 6.58 Å². The van der Waals surface area contributed by atoms with Gasteiger partial charge >= 0.3 is 0 Å². The van der Waals surface area contributed by atoms with Gasteiger partial charge in [0.15, 0.2) is 0 Å². The van der Waals surface area contributed by atoms with Crippen LogP contribution in [0, 0.1) is 12.3 Å². The number of likely N-dealkylation sites (tertiary alicyclic amines) is 1. The van der Waals surface area contributed by atoms with Crippen LogP contribution in [0.15, 0.2) is 67.3 Å². The molecular formula is C35H46N4O. The van der Waals surface area contributed by atoms with Crippen LogP contribution >= 0.6 is 0 Å². The minimum Gasteiger partial charge on any atom is -0.342 e. The van der Waals surface area contributed by atoms with Crippen LogP contribution in [0.4, 0.5) is 0 Å². The van der Waals surface area contributed by atoms with Crippen LogP contribution in [0.5, 0.6) is 0 Å². The number of allylic oxidation sites excluding steroid dienone is 1. The molecule has 0 spiro atoms. The number of aromatic nitrogens is 2. The van der Waals surface area contributed by atoms with Crippen LogP contribution in [0.25, 0.3) is 11.0 Å². The molecule has 0 radical (unpaired) electrons. The summed E-state index contributed by atoms with van der Waals surface area (Å²) in [7, 11) is 0. The third kappa shape index (κ3) is 4.91. The second-order valence-electron chi connectivity index (χ2n) is 13.3. The van der Waals surface area contributed by atoms with Crippen molar-refractivity contribution in [1.29, 1.82) is 0 Å². The Bertz CT molecular complexity index is 1340. The number of para-hydroxylation sites is 2. The Morgan fingerprint density at radius 2 is 1.65 bits per heavy atom. The van der Waals surface area contributed by atoms with E-state index in [1.54, 1.807) is 0 Å². The zero-order chi connectivity index (χ0) is 27.9. The third-order valence-electron chi connectivity index (χ3n) is 10.5. The molecule has 0 N–H and O–H groups in total.